The van der Waals surface area contributed by atoms with Crippen molar-refractivity contribution in [2.75, 3.05) is 5.32 Å². The van der Waals surface area contributed by atoms with Gasteiger partial charge in [-0.3, -0.25) is 14.9 Å². The quantitative estimate of drug-likeness (QED) is 0.675. The number of nitrogens with zero attached hydrogens (tertiary/aromatic N) is 1. The van der Waals surface area contributed by atoms with Crippen molar-refractivity contribution >= 4 is 17.3 Å². The van der Waals surface area contributed by atoms with Gasteiger partial charge in [0.15, 0.2) is 0 Å². The van der Waals surface area contributed by atoms with Crippen molar-refractivity contribution in [3.8, 4) is 0 Å². The summed E-state index contributed by atoms with van der Waals surface area (Å²) in [6.07, 6.45) is 7.00. The highest BCUT2D eigenvalue weighted by atomic mass is 16.6. The Hall–Kier alpha value is -1.91. The number of anilines is 1. The van der Waals surface area contributed by atoms with Crippen LogP contribution in [0.2, 0.25) is 0 Å². The van der Waals surface area contributed by atoms with Gasteiger partial charge in [-0.2, -0.15) is 0 Å². The lowest BCUT2D eigenvalue weighted by Gasteiger charge is -2.55. The molecule has 1 amide bonds. The van der Waals surface area contributed by atoms with Gasteiger partial charge in [-0.15, -0.1) is 0 Å². The lowest BCUT2D eigenvalue weighted by Crippen LogP contribution is -2.51. The van der Waals surface area contributed by atoms with Crippen molar-refractivity contribution in [1.29, 1.82) is 0 Å². The van der Waals surface area contributed by atoms with Crippen LogP contribution in [0.5, 0.6) is 0 Å². The van der Waals surface area contributed by atoms with Gasteiger partial charge in [0, 0.05) is 17.3 Å². The van der Waals surface area contributed by atoms with Crippen LogP contribution < -0.4 is 5.32 Å². The summed E-state index contributed by atoms with van der Waals surface area (Å²) in [5.41, 5.74) is 1.16. The molecule has 0 aromatic heterocycles. The molecule has 0 heterocycles. The van der Waals surface area contributed by atoms with Crippen LogP contribution >= 0.6 is 0 Å². The molecule has 0 unspecified atom stereocenters. The van der Waals surface area contributed by atoms with Crippen LogP contribution in [0.3, 0.4) is 0 Å². The van der Waals surface area contributed by atoms with Crippen molar-refractivity contribution in [1.82, 2.24) is 0 Å². The van der Waals surface area contributed by atoms with Gasteiger partial charge < -0.3 is 5.32 Å². The zero-order valence-electron chi connectivity index (χ0n) is 13.4. The maximum absolute atomic E-state index is 13.0. The van der Waals surface area contributed by atoms with Crippen LogP contribution in [-0.4, -0.2) is 10.8 Å². The Morgan fingerprint density at radius 1 is 1.17 bits per heavy atom. The molecule has 0 aliphatic heterocycles. The molecule has 4 saturated carbocycles. The minimum absolute atomic E-state index is 0.0952. The monoisotopic (exact) mass is 314 g/mol. The fraction of sp³-hybridized carbons (Fsp3) is 0.611. The number of nitrogens with one attached hydrogen (secondary N) is 1. The Balaban J connectivity index is 1.54. The first kappa shape index (κ1) is 14.7. The lowest BCUT2D eigenvalue weighted by molar-refractivity contribution is -0.385. The van der Waals surface area contributed by atoms with E-state index in [-0.39, 0.29) is 21.9 Å². The van der Waals surface area contributed by atoms with Gasteiger partial charge >= 0.3 is 0 Å². The van der Waals surface area contributed by atoms with Crippen molar-refractivity contribution in [3.63, 3.8) is 0 Å². The minimum atomic E-state index is -0.389. The first-order chi connectivity index (χ1) is 10.9. The van der Waals surface area contributed by atoms with Crippen molar-refractivity contribution in [2.45, 2.75) is 45.4 Å². The predicted molar refractivity (Wildman–Crippen MR) is 87.1 cm³/mol. The summed E-state index contributed by atoms with van der Waals surface area (Å²) >= 11 is 0. The second-order valence-corrected chi connectivity index (χ2v) is 7.91. The van der Waals surface area contributed by atoms with Crippen LogP contribution in [-0.2, 0) is 4.79 Å². The van der Waals surface area contributed by atoms with Crippen LogP contribution in [0.1, 0.15) is 44.1 Å². The SMILES string of the molecule is Cc1cc(NC(=O)C23CC4CC(CC(C4)C2)C3)ccc1[N+](=O)[O-]. The third kappa shape index (κ3) is 2.42. The van der Waals surface area contributed by atoms with Gasteiger partial charge in [-0.1, -0.05) is 0 Å². The fourth-order valence-electron chi connectivity index (χ4n) is 5.59. The second kappa shape index (κ2) is 5.05. The van der Waals surface area contributed by atoms with E-state index in [1.807, 2.05) is 0 Å². The summed E-state index contributed by atoms with van der Waals surface area (Å²) in [4.78, 5) is 23.5. The van der Waals surface area contributed by atoms with E-state index in [0.717, 1.165) is 37.0 Å². The number of nitro groups is 1. The fourth-order valence-corrected chi connectivity index (χ4v) is 5.59. The average molecular weight is 314 g/mol. The zero-order chi connectivity index (χ0) is 16.2. The molecule has 0 saturated heterocycles. The van der Waals surface area contributed by atoms with E-state index in [0.29, 0.717) is 11.3 Å². The molecule has 0 atom stereocenters. The number of rotatable bonds is 3. The highest BCUT2D eigenvalue weighted by molar-refractivity contribution is 5.95. The number of benzene rings is 1. The molecule has 4 aliphatic carbocycles. The molecule has 5 nitrogen and oxygen atoms in total. The molecule has 23 heavy (non-hydrogen) atoms. The van der Waals surface area contributed by atoms with E-state index >= 15 is 0 Å². The van der Waals surface area contributed by atoms with E-state index in [1.54, 1.807) is 19.1 Å². The number of aryl methyl sites for hydroxylation is 1. The van der Waals surface area contributed by atoms with Gasteiger partial charge in [0.2, 0.25) is 5.91 Å². The minimum Gasteiger partial charge on any atom is -0.326 e. The first-order valence-electron chi connectivity index (χ1n) is 8.52. The first-order valence-corrected chi connectivity index (χ1v) is 8.52. The van der Waals surface area contributed by atoms with Crippen molar-refractivity contribution in [2.24, 2.45) is 23.2 Å². The maximum atomic E-state index is 13.0. The number of carbonyl (C=O) groups excluding carboxylic acids is 1. The summed E-state index contributed by atoms with van der Waals surface area (Å²) in [6, 6.07) is 4.82. The third-order valence-electron chi connectivity index (χ3n) is 6.17. The Morgan fingerprint density at radius 2 is 1.74 bits per heavy atom. The zero-order valence-corrected chi connectivity index (χ0v) is 13.4. The molecular formula is C18H22N2O3. The van der Waals surface area contributed by atoms with Crippen LogP contribution in [0, 0.1) is 40.2 Å². The molecule has 5 heteroatoms. The van der Waals surface area contributed by atoms with Gasteiger partial charge in [-0.25, -0.2) is 0 Å². The van der Waals surface area contributed by atoms with E-state index in [2.05, 4.69) is 5.32 Å². The molecule has 4 fully saturated rings. The Morgan fingerprint density at radius 3 is 2.22 bits per heavy atom. The Kier molecular flexibility index (Phi) is 3.22. The Bertz CT molecular complexity index is 648. The summed E-state index contributed by atoms with van der Waals surface area (Å²) in [7, 11) is 0. The normalized spacial score (nSPS) is 34.4. The third-order valence-corrected chi connectivity index (χ3v) is 6.17. The van der Waals surface area contributed by atoms with Crippen molar-refractivity contribution in [3.05, 3.63) is 33.9 Å². The number of nitro benzene ring substituents is 1. The summed E-state index contributed by atoms with van der Waals surface area (Å²) in [6.45, 7) is 1.71. The molecule has 5 rings (SSSR count). The number of hydrogen-bond donors (Lipinski definition) is 1. The van der Waals surface area contributed by atoms with Gasteiger partial charge in [0.05, 0.1) is 10.3 Å². The molecule has 4 aliphatic rings. The average Bonchev–Trinajstić information content (AvgIpc) is 2.45. The molecule has 0 radical (unpaired) electrons. The molecule has 0 spiro atoms. The molecule has 1 N–H and O–H groups in total. The molecular weight excluding hydrogens is 292 g/mol. The smallest absolute Gasteiger partial charge is 0.272 e. The topological polar surface area (TPSA) is 72.2 Å². The van der Waals surface area contributed by atoms with E-state index in [4.69, 9.17) is 0 Å². The van der Waals surface area contributed by atoms with E-state index in [1.165, 1.54) is 25.3 Å². The Labute approximate surface area is 135 Å². The van der Waals surface area contributed by atoms with E-state index in [9.17, 15) is 14.9 Å². The standard InChI is InChI=1S/C18H22N2O3/c1-11-4-15(2-3-16(11)20(22)23)19-17(21)18-8-12-5-13(9-18)7-14(6-12)10-18/h2-4,12-14H,5-10H2,1H3,(H,19,21). The highest BCUT2D eigenvalue weighted by Gasteiger charge is 2.54. The van der Waals surface area contributed by atoms with Crippen molar-refractivity contribution < 1.29 is 9.72 Å². The molecule has 4 bridgehead atoms. The molecule has 122 valence electrons. The van der Waals surface area contributed by atoms with E-state index < -0.39 is 0 Å². The van der Waals surface area contributed by atoms with Crippen LogP contribution in [0.25, 0.3) is 0 Å². The maximum Gasteiger partial charge on any atom is 0.272 e. The predicted octanol–water partition coefficient (Wildman–Crippen LogP) is 4.06. The van der Waals surface area contributed by atoms with Crippen LogP contribution in [0.4, 0.5) is 11.4 Å². The number of hydrogen-bond acceptors (Lipinski definition) is 3. The summed E-state index contributed by atoms with van der Waals surface area (Å²) < 4.78 is 0. The lowest BCUT2D eigenvalue weighted by atomic mass is 9.49. The van der Waals surface area contributed by atoms with Gasteiger partial charge in [0.25, 0.3) is 5.69 Å². The molecule has 1 aromatic carbocycles. The highest BCUT2D eigenvalue weighted by Crippen LogP contribution is 2.60. The molecule has 1 aromatic rings. The summed E-state index contributed by atoms with van der Waals surface area (Å²) in [5, 5.41) is 13.9. The second-order valence-electron chi connectivity index (χ2n) is 7.91. The number of carbonyl (C=O) groups is 1. The van der Waals surface area contributed by atoms with Gasteiger partial charge in [0.1, 0.15) is 0 Å². The van der Waals surface area contributed by atoms with Crippen LogP contribution in [0.15, 0.2) is 18.2 Å². The van der Waals surface area contributed by atoms with Gasteiger partial charge in [-0.05, 0) is 75.3 Å². The summed E-state index contributed by atoms with van der Waals surface area (Å²) in [5.74, 6) is 2.31. The largest absolute Gasteiger partial charge is 0.326 e. The number of amides is 1.